The Balaban J connectivity index is 2.64. The summed E-state index contributed by atoms with van der Waals surface area (Å²) in [6, 6.07) is 5.07. The van der Waals surface area contributed by atoms with Crippen molar-refractivity contribution in [2.24, 2.45) is 0 Å². The summed E-state index contributed by atoms with van der Waals surface area (Å²) in [6.07, 6.45) is 0. The van der Waals surface area contributed by atoms with Crippen LogP contribution in [-0.4, -0.2) is 31.4 Å². The predicted molar refractivity (Wildman–Crippen MR) is 76.0 cm³/mol. The van der Waals surface area contributed by atoms with Crippen LogP contribution in [0.15, 0.2) is 18.2 Å². The molecule has 0 spiro atoms. The molecule has 19 heavy (non-hydrogen) atoms. The lowest BCUT2D eigenvalue weighted by molar-refractivity contribution is -0.118. The van der Waals surface area contributed by atoms with E-state index in [2.05, 4.69) is 16.0 Å². The fourth-order valence-electron chi connectivity index (χ4n) is 1.55. The number of benzene rings is 1. The van der Waals surface area contributed by atoms with E-state index in [1.807, 2.05) is 6.92 Å². The summed E-state index contributed by atoms with van der Waals surface area (Å²) in [7, 11) is 0. The van der Waals surface area contributed by atoms with Gasteiger partial charge in [0, 0.05) is 32.1 Å². The maximum absolute atomic E-state index is 11.7. The van der Waals surface area contributed by atoms with Crippen LogP contribution >= 0.6 is 0 Å². The van der Waals surface area contributed by atoms with Crippen LogP contribution < -0.4 is 21.7 Å². The average Bonchev–Trinajstić information content (AvgIpc) is 2.36. The highest BCUT2D eigenvalue weighted by molar-refractivity contribution is 5.96. The number of nitrogens with one attached hydrogen (secondary N) is 3. The van der Waals surface area contributed by atoms with Crippen molar-refractivity contribution < 1.29 is 9.59 Å². The van der Waals surface area contributed by atoms with E-state index < -0.39 is 0 Å². The number of carbonyl (C=O) groups excluding carboxylic acids is 2. The van der Waals surface area contributed by atoms with Crippen LogP contribution in [0.2, 0.25) is 0 Å². The number of carbonyl (C=O) groups is 2. The van der Waals surface area contributed by atoms with E-state index in [0.717, 1.165) is 0 Å². The van der Waals surface area contributed by atoms with Crippen molar-refractivity contribution >= 4 is 23.2 Å². The third-order valence-corrected chi connectivity index (χ3v) is 2.47. The van der Waals surface area contributed by atoms with E-state index in [9.17, 15) is 9.59 Å². The van der Waals surface area contributed by atoms with Gasteiger partial charge in [0.1, 0.15) is 0 Å². The molecular formula is C13H20N4O2. The van der Waals surface area contributed by atoms with Gasteiger partial charge in [-0.3, -0.25) is 9.59 Å². The second-order valence-corrected chi connectivity index (χ2v) is 4.07. The molecule has 0 aliphatic heterocycles. The topological polar surface area (TPSA) is 96.2 Å². The Hall–Kier alpha value is -2.24. The first-order chi connectivity index (χ1) is 9.04. The number of hydrogen-bond donors (Lipinski definition) is 4. The van der Waals surface area contributed by atoms with Gasteiger partial charge in [-0.1, -0.05) is 0 Å². The maximum atomic E-state index is 11.7. The van der Waals surface area contributed by atoms with E-state index in [1.54, 1.807) is 18.2 Å². The summed E-state index contributed by atoms with van der Waals surface area (Å²) >= 11 is 0. The molecule has 0 aromatic heterocycles. The number of anilines is 2. The van der Waals surface area contributed by atoms with Crippen molar-refractivity contribution in [3.8, 4) is 0 Å². The third kappa shape index (κ3) is 4.87. The monoisotopic (exact) mass is 264 g/mol. The largest absolute Gasteiger partial charge is 0.397 e. The fraction of sp³-hybridized carbons (Fsp3) is 0.385. The molecule has 0 saturated heterocycles. The van der Waals surface area contributed by atoms with E-state index in [4.69, 9.17) is 5.73 Å². The van der Waals surface area contributed by atoms with Gasteiger partial charge < -0.3 is 21.7 Å². The van der Waals surface area contributed by atoms with E-state index in [0.29, 0.717) is 36.6 Å². The summed E-state index contributed by atoms with van der Waals surface area (Å²) in [6.45, 7) is 4.95. The predicted octanol–water partition coefficient (Wildman–Crippen LogP) is 0.566. The maximum Gasteiger partial charge on any atom is 0.251 e. The molecule has 2 amide bonds. The first-order valence-corrected chi connectivity index (χ1v) is 6.20. The Morgan fingerprint density at radius 2 is 1.95 bits per heavy atom. The van der Waals surface area contributed by atoms with Crippen LogP contribution in [0.25, 0.3) is 0 Å². The standard InChI is InChI=1S/C13H20N4O2/c1-3-15-13(19)10-4-5-11(14)12(8-10)17-7-6-16-9(2)18/h4-5,8,17H,3,6-7,14H2,1-2H3,(H,15,19)(H,16,18). The van der Waals surface area contributed by atoms with Gasteiger partial charge in [0.05, 0.1) is 11.4 Å². The average molecular weight is 264 g/mol. The van der Waals surface area contributed by atoms with Gasteiger partial charge in [-0.05, 0) is 25.1 Å². The second-order valence-electron chi connectivity index (χ2n) is 4.07. The summed E-state index contributed by atoms with van der Waals surface area (Å²) < 4.78 is 0. The molecular weight excluding hydrogens is 244 g/mol. The lowest BCUT2D eigenvalue weighted by Gasteiger charge is -2.11. The van der Waals surface area contributed by atoms with Crippen LogP contribution in [0.5, 0.6) is 0 Å². The molecule has 0 unspecified atom stereocenters. The minimum absolute atomic E-state index is 0.0779. The molecule has 0 aliphatic rings. The number of hydrogen-bond acceptors (Lipinski definition) is 4. The van der Waals surface area contributed by atoms with Crippen molar-refractivity contribution in [2.45, 2.75) is 13.8 Å². The zero-order valence-electron chi connectivity index (χ0n) is 11.2. The third-order valence-electron chi connectivity index (χ3n) is 2.47. The smallest absolute Gasteiger partial charge is 0.251 e. The van der Waals surface area contributed by atoms with E-state index in [1.165, 1.54) is 6.92 Å². The molecule has 1 aromatic carbocycles. The minimum Gasteiger partial charge on any atom is -0.397 e. The molecule has 0 atom stereocenters. The van der Waals surface area contributed by atoms with Crippen LogP contribution in [0, 0.1) is 0 Å². The molecule has 0 saturated carbocycles. The van der Waals surface area contributed by atoms with Gasteiger partial charge in [-0.15, -0.1) is 0 Å². The Bertz CT molecular complexity index is 460. The Morgan fingerprint density at radius 3 is 2.58 bits per heavy atom. The van der Waals surface area contributed by atoms with Crippen molar-refractivity contribution in [1.29, 1.82) is 0 Å². The molecule has 1 aromatic rings. The zero-order chi connectivity index (χ0) is 14.3. The Labute approximate surface area is 112 Å². The number of nitrogen functional groups attached to an aromatic ring is 1. The molecule has 0 bridgehead atoms. The van der Waals surface area contributed by atoms with Gasteiger partial charge in [-0.25, -0.2) is 0 Å². The Kier molecular flexibility index (Phi) is 5.66. The minimum atomic E-state index is -0.132. The molecule has 0 fully saturated rings. The SMILES string of the molecule is CCNC(=O)c1ccc(N)c(NCCNC(C)=O)c1. The van der Waals surface area contributed by atoms with Gasteiger partial charge in [0.15, 0.2) is 0 Å². The van der Waals surface area contributed by atoms with Crippen molar-refractivity contribution in [3.05, 3.63) is 23.8 Å². The van der Waals surface area contributed by atoms with Crippen LogP contribution in [0.1, 0.15) is 24.2 Å². The molecule has 1 rings (SSSR count). The molecule has 5 N–H and O–H groups in total. The molecule has 6 heteroatoms. The number of nitrogens with two attached hydrogens (primary N) is 1. The summed E-state index contributed by atoms with van der Waals surface area (Å²) in [4.78, 5) is 22.4. The van der Waals surface area contributed by atoms with Gasteiger partial charge in [-0.2, -0.15) is 0 Å². The van der Waals surface area contributed by atoms with Gasteiger partial charge >= 0.3 is 0 Å². The zero-order valence-corrected chi connectivity index (χ0v) is 11.2. The first-order valence-electron chi connectivity index (χ1n) is 6.20. The number of amides is 2. The van der Waals surface area contributed by atoms with Gasteiger partial charge in [0.25, 0.3) is 5.91 Å². The van der Waals surface area contributed by atoms with Crippen molar-refractivity contribution in [3.63, 3.8) is 0 Å². The van der Waals surface area contributed by atoms with Crippen molar-refractivity contribution in [2.75, 3.05) is 30.7 Å². The molecule has 0 heterocycles. The first kappa shape index (κ1) is 14.8. The van der Waals surface area contributed by atoms with Crippen LogP contribution in [0.4, 0.5) is 11.4 Å². The molecule has 104 valence electrons. The highest BCUT2D eigenvalue weighted by atomic mass is 16.2. The lowest BCUT2D eigenvalue weighted by Crippen LogP contribution is -2.26. The molecule has 6 nitrogen and oxygen atoms in total. The quantitative estimate of drug-likeness (QED) is 0.446. The van der Waals surface area contributed by atoms with Crippen LogP contribution in [-0.2, 0) is 4.79 Å². The Morgan fingerprint density at radius 1 is 1.21 bits per heavy atom. The normalized spacial score (nSPS) is 9.79. The fourth-order valence-corrected chi connectivity index (χ4v) is 1.55. The highest BCUT2D eigenvalue weighted by Crippen LogP contribution is 2.19. The molecule has 0 radical (unpaired) electrons. The summed E-state index contributed by atoms with van der Waals surface area (Å²) in [5.41, 5.74) is 7.63. The van der Waals surface area contributed by atoms with Gasteiger partial charge in [0.2, 0.25) is 5.91 Å². The van der Waals surface area contributed by atoms with E-state index in [-0.39, 0.29) is 11.8 Å². The molecule has 0 aliphatic carbocycles. The second kappa shape index (κ2) is 7.25. The summed E-state index contributed by atoms with van der Waals surface area (Å²) in [5, 5.41) is 8.48. The van der Waals surface area contributed by atoms with Crippen molar-refractivity contribution in [1.82, 2.24) is 10.6 Å². The summed E-state index contributed by atoms with van der Waals surface area (Å²) in [5.74, 6) is -0.210. The number of rotatable bonds is 6. The highest BCUT2D eigenvalue weighted by Gasteiger charge is 2.07. The van der Waals surface area contributed by atoms with Crippen LogP contribution in [0.3, 0.4) is 0 Å². The lowest BCUT2D eigenvalue weighted by atomic mass is 10.1. The van der Waals surface area contributed by atoms with E-state index >= 15 is 0 Å².